The number of halogens is 1. The molecule has 1 radical (unpaired) electrons. The first-order valence-electron chi connectivity index (χ1n) is 1.65. The van der Waals surface area contributed by atoms with E-state index in [1.807, 2.05) is 0 Å². The Morgan fingerprint density at radius 2 is 2.50 bits per heavy atom. The van der Waals surface area contributed by atoms with Crippen LogP contribution in [0.3, 0.4) is 0 Å². The van der Waals surface area contributed by atoms with Crippen molar-refractivity contribution >= 4 is 15.9 Å². The third kappa shape index (κ3) is 3.96. The van der Waals surface area contributed by atoms with E-state index >= 15 is 0 Å². The molecule has 33 valence electrons. The smallest absolute Gasteiger partial charge is 0.00115 e. The fourth-order valence-corrected chi connectivity index (χ4v) is 0.367. The van der Waals surface area contributed by atoms with Gasteiger partial charge in [0.2, 0.25) is 0 Å². The highest BCUT2D eigenvalue weighted by molar-refractivity contribution is 9.11. The number of rotatable bonds is 2. The van der Waals surface area contributed by atoms with Gasteiger partial charge in [-0.2, -0.15) is 0 Å². The van der Waals surface area contributed by atoms with E-state index in [1.54, 1.807) is 6.08 Å². The molecule has 0 N–H and O–H groups in total. The first-order valence-corrected chi connectivity index (χ1v) is 2.44. The highest BCUT2D eigenvalue weighted by atomic mass is 79.9. The van der Waals surface area contributed by atoms with Crippen molar-refractivity contribution in [2.75, 3.05) is 0 Å². The summed E-state index contributed by atoms with van der Waals surface area (Å²) in [6, 6.07) is 0. The number of hydrogen-bond donors (Lipinski definition) is 0. The van der Waals surface area contributed by atoms with E-state index < -0.39 is 0 Å². The quantitative estimate of drug-likeness (QED) is 0.524. The Kier molecular flexibility index (Phi) is 3.14. The molecule has 0 aromatic carbocycles. The van der Waals surface area contributed by atoms with Crippen molar-refractivity contribution in [3.8, 4) is 0 Å². The summed E-state index contributed by atoms with van der Waals surface area (Å²) in [6.45, 7) is 8.64. The Morgan fingerprint density at radius 1 is 2.00 bits per heavy atom. The van der Waals surface area contributed by atoms with Crippen molar-refractivity contribution in [2.45, 2.75) is 6.42 Å². The van der Waals surface area contributed by atoms with E-state index in [1.165, 1.54) is 0 Å². The maximum absolute atomic E-state index is 5.16. The Morgan fingerprint density at radius 3 is 2.50 bits per heavy atom. The lowest BCUT2D eigenvalue weighted by Crippen LogP contribution is -1.56. The fraction of sp³-hybridized carbons (Fsp3) is 0.200. The topological polar surface area (TPSA) is 0 Å². The van der Waals surface area contributed by atoms with Gasteiger partial charge in [-0.1, -0.05) is 28.6 Å². The summed E-state index contributed by atoms with van der Waals surface area (Å²) in [5.41, 5.74) is 0. The van der Waals surface area contributed by atoms with Gasteiger partial charge in [-0.3, -0.25) is 0 Å². The molecule has 0 aliphatic carbocycles. The van der Waals surface area contributed by atoms with Gasteiger partial charge in [0, 0.05) is 0 Å². The molecule has 0 rings (SSSR count). The van der Waals surface area contributed by atoms with E-state index in [9.17, 15) is 0 Å². The van der Waals surface area contributed by atoms with Crippen LogP contribution < -0.4 is 0 Å². The highest BCUT2D eigenvalue weighted by Gasteiger charge is 1.74. The SMILES string of the molecule is [CH]=C(Br)CC=C. The maximum Gasteiger partial charge on any atom is -0.00115 e. The molecule has 6 heavy (non-hydrogen) atoms. The molecule has 0 fully saturated rings. The van der Waals surface area contributed by atoms with Gasteiger partial charge < -0.3 is 0 Å². The molecule has 0 aliphatic rings. The normalized spacial score (nSPS) is 7.50. The summed E-state index contributed by atoms with van der Waals surface area (Å²) in [4.78, 5) is 0. The minimum atomic E-state index is 0.734. The first-order chi connectivity index (χ1) is 2.77. The van der Waals surface area contributed by atoms with Crippen molar-refractivity contribution in [3.05, 3.63) is 23.7 Å². The van der Waals surface area contributed by atoms with Gasteiger partial charge in [-0.25, -0.2) is 0 Å². The molecule has 0 heterocycles. The van der Waals surface area contributed by atoms with Crippen LogP contribution in [0.25, 0.3) is 0 Å². The molecule has 0 nitrogen and oxygen atoms in total. The average molecular weight is 146 g/mol. The molecular weight excluding hydrogens is 140 g/mol. The molecule has 0 spiro atoms. The minimum absolute atomic E-state index is 0.734. The third-order valence-corrected chi connectivity index (χ3v) is 0.663. The lowest BCUT2D eigenvalue weighted by molar-refractivity contribution is 1.39. The highest BCUT2D eigenvalue weighted by Crippen LogP contribution is 2.04. The monoisotopic (exact) mass is 145 g/mol. The van der Waals surface area contributed by atoms with Crippen molar-refractivity contribution in [1.29, 1.82) is 0 Å². The molecule has 0 saturated heterocycles. The van der Waals surface area contributed by atoms with Crippen molar-refractivity contribution in [2.24, 2.45) is 0 Å². The molecule has 0 aromatic heterocycles. The van der Waals surface area contributed by atoms with Gasteiger partial charge >= 0.3 is 0 Å². The standard InChI is InChI=1S/C5H6Br/c1-3-4-5(2)6/h2-3H,1,4H2. The molecule has 0 amide bonds. The average Bonchev–Trinajstić information content (AvgIpc) is 1.35. The zero-order valence-corrected chi connectivity index (χ0v) is 5.03. The summed E-state index contributed by atoms with van der Waals surface area (Å²) in [6.07, 6.45) is 2.49. The molecule has 0 atom stereocenters. The summed E-state index contributed by atoms with van der Waals surface area (Å²) in [7, 11) is 0. The summed E-state index contributed by atoms with van der Waals surface area (Å²) < 4.78 is 0.734. The Bertz CT molecular complexity index is 64.3. The summed E-state index contributed by atoms with van der Waals surface area (Å²) in [5.74, 6) is 0. The van der Waals surface area contributed by atoms with Gasteiger partial charge in [-0.05, 0) is 10.9 Å². The molecule has 0 unspecified atom stereocenters. The lowest BCUT2D eigenvalue weighted by Gasteiger charge is -1.79. The predicted molar refractivity (Wildman–Crippen MR) is 31.6 cm³/mol. The van der Waals surface area contributed by atoms with E-state index in [2.05, 4.69) is 22.5 Å². The van der Waals surface area contributed by atoms with Gasteiger partial charge in [0.15, 0.2) is 0 Å². The Hall–Kier alpha value is -0.0400. The second-order valence-electron chi connectivity index (χ2n) is 0.940. The van der Waals surface area contributed by atoms with Gasteiger partial charge in [0.25, 0.3) is 0 Å². The van der Waals surface area contributed by atoms with Crippen molar-refractivity contribution < 1.29 is 0 Å². The van der Waals surface area contributed by atoms with Crippen molar-refractivity contribution in [3.63, 3.8) is 0 Å². The number of hydrogen-bond acceptors (Lipinski definition) is 0. The molecule has 1 heteroatoms. The van der Waals surface area contributed by atoms with E-state index in [4.69, 9.17) is 6.58 Å². The molecule has 0 bridgehead atoms. The van der Waals surface area contributed by atoms with Gasteiger partial charge in [-0.15, -0.1) is 6.58 Å². The van der Waals surface area contributed by atoms with Crippen LogP contribution in [0.5, 0.6) is 0 Å². The van der Waals surface area contributed by atoms with Crippen LogP contribution in [0, 0.1) is 6.58 Å². The van der Waals surface area contributed by atoms with Gasteiger partial charge in [0.05, 0.1) is 0 Å². The summed E-state index contributed by atoms with van der Waals surface area (Å²) in [5, 5.41) is 0. The van der Waals surface area contributed by atoms with Crippen molar-refractivity contribution in [1.82, 2.24) is 0 Å². The molecule has 0 aliphatic heterocycles. The second kappa shape index (κ2) is 3.16. The Labute approximate surface area is 46.7 Å². The summed E-state index contributed by atoms with van der Waals surface area (Å²) >= 11 is 3.06. The van der Waals surface area contributed by atoms with E-state index in [0.29, 0.717) is 0 Å². The molecule has 0 aromatic rings. The van der Waals surface area contributed by atoms with Crippen LogP contribution in [-0.2, 0) is 0 Å². The van der Waals surface area contributed by atoms with E-state index in [-0.39, 0.29) is 0 Å². The molecular formula is C5H6Br. The maximum atomic E-state index is 5.16. The van der Waals surface area contributed by atoms with Crippen LogP contribution in [0.4, 0.5) is 0 Å². The van der Waals surface area contributed by atoms with Crippen LogP contribution in [0.1, 0.15) is 6.42 Å². The Balaban J connectivity index is 3.05. The third-order valence-electron chi connectivity index (χ3n) is 0.339. The largest absolute Gasteiger partial charge is 0.103 e. The second-order valence-corrected chi connectivity index (χ2v) is 1.96. The number of allylic oxidation sites excluding steroid dienone is 2. The minimum Gasteiger partial charge on any atom is -0.103 e. The zero-order valence-electron chi connectivity index (χ0n) is 3.45. The van der Waals surface area contributed by atoms with Crippen LogP contribution in [0.15, 0.2) is 17.1 Å². The van der Waals surface area contributed by atoms with Crippen LogP contribution in [-0.4, -0.2) is 0 Å². The fourth-order valence-electron chi connectivity index (χ4n) is 0.138. The van der Waals surface area contributed by atoms with Crippen LogP contribution >= 0.6 is 15.9 Å². The predicted octanol–water partition coefficient (Wildman–Crippen LogP) is 2.27. The van der Waals surface area contributed by atoms with E-state index in [0.717, 1.165) is 10.9 Å². The lowest BCUT2D eigenvalue weighted by atomic mass is 10.4. The zero-order chi connectivity index (χ0) is 4.99. The first kappa shape index (κ1) is 5.96. The van der Waals surface area contributed by atoms with Gasteiger partial charge in [0.1, 0.15) is 0 Å². The van der Waals surface area contributed by atoms with Crippen LogP contribution in [0.2, 0.25) is 0 Å². The molecule has 0 saturated carbocycles.